The molecule has 92 valence electrons. The maximum absolute atomic E-state index is 12.4. The molecule has 0 fully saturated rings. The molecule has 0 radical (unpaired) electrons. The molecule has 0 unspecified atom stereocenters. The van der Waals surface area contributed by atoms with Crippen molar-refractivity contribution in [2.24, 2.45) is 0 Å². The number of halogens is 2. The first kappa shape index (κ1) is 13.0. The lowest BCUT2D eigenvalue weighted by Crippen LogP contribution is -2.24. The summed E-state index contributed by atoms with van der Waals surface area (Å²) in [5.74, 6) is -2.06. The SMILES string of the molecule is COC(=O)C(=O)Nc1cnc(C(F)F)c(C)c1. The Morgan fingerprint density at radius 2 is 2.12 bits per heavy atom. The summed E-state index contributed by atoms with van der Waals surface area (Å²) in [4.78, 5) is 25.4. The van der Waals surface area contributed by atoms with E-state index in [1.807, 2.05) is 0 Å². The van der Waals surface area contributed by atoms with Crippen LogP contribution in [0, 0.1) is 6.92 Å². The molecule has 1 N–H and O–H groups in total. The smallest absolute Gasteiger partial charge is 0.396 e. The van der Waals surface area contributed by atoms with E-state index in [-0.39, 0.29) is 16.9 Å². The lowest BCUT2D eigenvalue weighted by atomic mass is 10.2. The summed E-state index contributed by atoms with van der Waals surface area (Å²) in [5, 5.41) is 2.18. The number of amides is 1. The van der Waals surface area contributed by atoms with Gasteiger partial charge in [-0.15, -0.1) is 0 Å². The second kappa shape index (κ2) is 5.33. The highest BCUT2D eigenvalue weighted by atomic mass is 19.3. The van der Waals surface area contributed by atoms with E-state index in [0.29, 0.717) is 0 Å². The van der Waals surface area contributed by atoms with Gasteiger partial charge in [0.05, 0.1) is 19.0 Å². The molecule has 0 spiro atoms. The van der Waals surface area contributed by atoms with Gasteiger partial charge in [0.1, 0.15) is 5.69 Å². The molecule has 1 rings (SSSR count). The van der Waals surface area contributed by atoms with Crippen LogP contribution in [0.4, 0.5) is 14.5 Å². The molecule has 0 aromatic carbocycles. The molecule has 7 heteroatoms. The number of carbonyl (C=O) groups excluding carboxylic acids is 2. The van der Waals surface area contributed by atoms with Gasteiger partial charge in [0.2, 0.25) is 0 Å². The van der Waals surface area contributed by atoms with Crippen LogP contribution in [0.5, 0.6) is 0 Å². The van der Waals surface area contributed by atoms with Crippen molar-refractivity contribution in [3.8, 4) is 0 Å². The molecule has 0 aliphatic heterocycles. The fraction of sp³-hybridized carbons (Fsp3) is 0.300. The Morgan fingerprint density at radius 1 is 1.47 bits per heavy atom. The number of methoxy groups -OCH3 is 1. The van der Waals surface area contributed by atoms with Gasteiger partial charge in [0, 0.05) is 0 Å². The fourth-order valence-corrected chi connectivity index (χ4v) is 1.16. The summed E-state index contributed by atoms with van der Waals surface area (Å²) in [6.07, 6.45) is -1.63. The zero-order valence-corrected chi connectivity index (χ0v) is 9.16. The number of anilines is 1. The van der Waals surface area contributed by atoms with E-state index in [0.717, 1.165) is 13.3 Å². The Kier molecular flexibility index (Phi) is 4.08. The molecule has 0 aliphatic carbocycles. The predicted octanol–water partition coefficient (Wildman–Crippen LogP) is 1.44. The molecule has 0 bridgehead atoms. The first-order valence-electron chi connectivity index (χ1n) is 4.59. The maximum atomic E-state index is 12.4. The molecule has 17 heavy (non-hydrogen) atoms. The summed E-state index contributed by atoms with van der Waals surface area (Å²) in [5.41, 5.74) is 0.0195. The predicted molar refractivity (Wildman–Crippen MR) is 54.6 cm³/mol. The first-order valence-corrected chi connectivity index (χ1v) is 4.59. The Bertz CT molecular complexity index is 449. The van der Waals surface area contributed by atoms with Gasteiger partial charge in [0.15, 0.2) is 0 Å². The molecule has 1 aromatic heterocycles. The normalized spacial score (nSPS) is 10.2. The number of nitrogens with one attached hydrogen (secondary N) is 1. The Labute approximate surface area is 95.8 Å². The molecule has 1 heterocycles. The highest BCUT2D eigenvalue weighted by Crippen LogP contribution is 2.22. The van der Waals surface area contributed by atoms with E-state index >= 15 is 0 Å². The van der Waals surface area contributed by atoms with Crippen molar-refractivity contribution in [3.63, 3.8) is 0 Å². The van der Waals surface area contributed by atoms with Crippen molar-refractivity contribution >= 4 is 17.6 Å². The van der Waals surface area contributed by atoms with E-state index < -0.39 is 18.3 Å². The van der Waals surface area contributed by atoms with Crippen molar-refractivity contribution in [3.05, 3.63) is 23.5 Å². The number of carbonyl (C=O) groups is 2. The zero-order chi connectivity index (χ0) is 13.0. The molecule has 5 nitrogen and oxygen atoms in total. The number of alkyl halides is 2. The topological polar surface area (TPSA) is 68.3 Å². The number of esters is 1. The molecule has 0 saturated carbocycles. The van der Waals surface area contributed by atoms with Crippen molar-refractivity contribution < 1.29 is 23.1 Å². The average Bonchev–Trinajstić information content (AvgIpc) is 2.27. The minimum absolute atomic E-state index is 0.155. The van der Waals surface area contributed by atoms with Crippen LogP contribution in [0.3, 0.4) is 0 Å². The number of hydrogen-bond acceptors (Lipinski definition) is 4. The highest BCUT2D eigenvalue weighted by molar-refractivity contribution is 6.37. The molecular formula is C10H10F2N2O3. The second-order valence-corrected chi connectivity index (χ2v) is 3.17. The lowest BCUT2D eigenvalue weighted by Gasteiger charge is -2.07. The molecular weight excluding hydrogens is 234 g/mol. The van der Waals surface area contributed by atoms with Crippen molar-refractivity contribution in [1.82, 2.24) is 4.98 Å². The van der Waals surface area contributed by atoms with E-state index in [4.69, 9.17) is 0 Å². The van der Waals surface area contributed by atoms with Crippen LogP contribution in [0.25, 0.3) is 0 Å². The molecule has 0 atom stereocenters. The van der Waals surface area contributed by atoms with Gasteiger partial charge < -0.3 is 10.1 Å². The second-order valence-electron chi connectivity index (χ2n) is 3.17. The van der Waals surface area contributed by atoms with Crippen LogP contribution in [0.1, 0.15) is 17.7 Å². The molecule has 0 aliphatic rings. The van der Waals surface area contributed by atoms with Gasteiger partial charge in [-0.2, -0.15) is 0 Å². The number of aromatic nitrogens is 1. The van der Waals surface area contributed by atoms with Crippen LogP contribution >= 0.6 is 0 Å². The quantitative estimate of drug-likeness (QED) is 0.631. The van der Waals surface area contributed by atoms with Crippen LogP contribution in [-0.2, 0) is 14.3 Å². The van der Waals surface area contributed by atoms with E-state index in [2.05, 4.69) is 15.0 Å². The fourth-order valence-electron chi connectivity index (χ4n) is 1.16. The minimum atomic E-state index is -2.68. The van der Waals surface area contributed by atoms with Crippen LogP contribution < -0.4 is 5.32 Å². The van der Waals surface area contributed by atoms with Gasteiger partial charge in [-0.05, 0) is 18.6 Å². The number of hydrogen-bond donors (Lipinski definition) is 1. The Balaban J connectivity index is 2.84. The lowest BCUT2D eigenvalue weighted by molar-refractivity contribution is -0.150. The van der Waals surface area contributed by atoms with Gasteiger partial charge in [-0.3, -0.25) is 9.78 Å². The largest absolute Gasteiger partial charge is 0.462 e. The summed E-state index contributed by atoms with van der Waals surface area (Å²) in [6.45, 7) is 1.43. The van der Waals surface area contributed by atoms with Gasteiger partial charge in [-0.1, -0.05) is 0 Å². The zero-order valence-electron chi connectivity index (χ0n) is 9.16. The Hall–Kier alpha value is -2.05. The van der Waals surface area contributed by atoms with Crippen molar-refractivity contribution in [2.75, 3.05) is 12.4 Å². The van der Waals surface area contributed by atoms with Crippen LogP contribution in [0.2, 0.25) is 0 Å². The number of rotatable bonds is 2. The molecule has 0 saturated heterocycles. The monoisotopic (exact) mass is 244 g/mol. The molecule has 1 aromatic rings. The highest BCUT2D eigenvalue weighted by Gasteiger charge is 2.16. The van der Waals surface area contributed by atoms with Gasteiger partial charge >= 0.3 is 11.9 Å². The van der Waals surface area contributed by atoms with Crippen LogP contribution in [-0.4, -0.2) is 24.0 Å². The maximum Gasteiger partial charge on any atom is 0.396 e. The number of pyridine rings is 1. The summed E-state index contributed by atoms with van der Waals surface area (Å²) in [7, 11) is 1.06. The summed E-state index contributed by atoms with van der Waals surface area (Å²) >= 11 is 0. The van der Waals surface area contributed by atoms with Crippen molar-refractivity contribution in [1.29, 1.82) is 0 Å². The minimum Gasteiger partial charge on any atom is -0.462 e. The summed E-state index contributed by atoms with van der Waals surface area (Å²) < 4.78 is 28.9. The first-order chi connectivity index (χ1) is 7.95. The average molecular weight is 244 g/mol. The van der Waals surface area contributed by atoms with Crippen LogP contribution in [0.15, 0.2) is 12.3 Å². The van der Waals surface area contributed by atoms with E-state index in [9.17, 15) is 18.4 Å². The number of ether oxygens (including phenoxy) is 1. The third-order valence-electron chi connectivity index (χ3n) is 1.95. The van der Waals surface area contributed by atoms with Gasteiger partial charge in [0.25, 0.3) is 6.43 Å². The van der Waals surface area contributed by atoms with E-state index in [1.165, 1.54) is 13.0 Å². The summed E-state index contributed by atoms with van der Waals surface area (Å²) in [6, 6.07) is 1.30. The third-order valence-corrected chi connectivity index (χ3v) is 1.95. The Morgan fingerprint density at radius 3 is 2.59 bits per heavy atom. The standard InChI is InChI=1S/C10H10F2N2O3/c1-5-3-6(4-13-7(5)8(11)12)14-9(15)10(16)17-2/h3-4,8H,1-2H3,(H,14,15). The van der Waals surface area contributed by atoms with E-state index in [1.54, 1.807) is 0 Å². The third kappa shape index (κ3) is 3.20. The number of nitrogens with zero attached hydrogens (tertiary/aromatic N) is 1. The van der Waals surface area contributed by atoms with Crippen molar-refractivity contribution in [2.45, 2.75) is 13.3 Å². The molecule has 1 amide bonds. The van der Waals surface area contributed by atoms with Gasteiger partial charge in [-0.25, -0.2) is 13.6 Å². The number of aryl methyl sites for hydroxylation is 1.